The number of oxime groups is 1. The molecular weight excluding hydrogens is 438 g/mol. The molecule has 0 spiro atoms. The summed E-state index contributed by atoms with van der Waals surface area (Å²) in [5.74, 6) is -2.17. The second-order valence-electron chi connectivity index (χ2n) is 5.99. The van der Waals surface area contributed by atoms with Gasteiger partial charge in [-0.15, -0.1) is 34.4 Å². The van der Waals surface area contributed by atoms with Crippen molar-refractivity contribution in [2.45, 2.75) is 11.4 Å². The van der Waals surface area contributed by atoms with Crippen molar-refractivity contribution in [2.24, 2.45) is 5.16 Å². The number of thiazole rings is 1. The summed E-state index contributed by atoms with van der Waals surface area (Å²) in [6, 6.07) is 2.67. The fourth-order valence-corrected chi connectivity index (χ4v) is 5.85. The van der Waals surface area contributed by atoms with Crippen LogP contribution < -0.4 is 11.1 Å². The average Bonchev–Trinajstić information content (AvgIpc) is 3.37. The standard InChI is InChI=1S/C16H13N5O5S3/c17-16-18-7(5-29-16)9(20-26)12(22)19-10-13(23)21-11(15(24)25)6(4-28-14(10)21)8-2-1-3-27-8/h1-3,5,10,14,26H,4H2,(H2,17,18)(H,19,22)(H,24,25)/t10-,14+/m1/s1. The van der Waals surface area contributed by atoms with Gasteiger partial charge in [-0.2, -0.15) is 0 Å². The molecule has 2 aliphatic heterocycles. The van der Waals surface area contributed by atoms with E-state index in [1.807, 2.05) is 11.4 Å². The molecule has 0 aromatic carbocycles. The van der Waals surface area contributed by atoms with E-state index in [0.717, 1.165) is 16.2 Å². The largest absolute Gasteiger partial charge is 0.477 e. The molecule has 0 bridgehead atoms. The molecule has 4 heterocycles. The van der Waals surface area contributed by atoms with Crippen molar-refractivity contribution >= 4 is 68.6 Å². The Bertz CT molecular complexity index is 1060. The first-order valence-electron chi connectivity index (χ1n) is 8.11. The smallest absolute Gasteiger partial charge is 0.353 e. The first kappa shape index (κ1) is 19.4. The Labute approximate surface area is 175 Å². The van der Waals surface area contributed by atoms with Crippen LogP contribution in [0.2, 0.25) is 0 Å². The lowest BCUT2D eigenvalue weighted by atomic mass is 10.0. The number of β-lactam (4-membered cyclic amide) rings is 1. The highest BCUT2D eigenvalue weighted by Crippen LogP contribution is 2.44. The zero-order valence-corrected chi connectivity index (χ0v) is 16.9. The van der Waals surface area contributed by atoms with Crippen LogP contribution in [0.3, 0.4) is 0 Å². The van der Waals surface area contributed by atoms with Gasteiger partial charge in [0.25, 0.3) is 11.8 Å². The van der Waals surface area contributed by atoms with Crippen LogP contribution in [0.4, 0.5) is 5.13 Å². The lowest BCUT2D eigenvalue weighted by Crippen LogP contribution is -2.71. The van der Waals surface area contributed by atoms with E-state index in [1.54, 1.807) is 6.07 Å². The van der Waals surface area contributed by atoms with E-state index in [9.17, 15) is 24.7 Å². The second kappa shape index (κ2) is 7.50. The zero-order chi connectivity index (χ0) is 20.7. The number of aromatic nitrogens is 1. The molecule has 29 heavy (non-hydrogen) atoms. The molecule has 5 N–H and O–H groups in total. The van der Waals surface area contributed by atoms with Crippen LogP contribution in [-0.4, -0.2) is 60.9 Å². The van der Waals surface area contributed by atoms with Crippen molar-refractivity contribution in [2.75, 3.05) is 11.5 Å². The van der Waals surface area contributed by atoms with Crippen LogP contribution in [0.15, 0.2) is 33.7 Å². The molecule has 0 unspecified atom stereocenters. The van der Waals surface area contributed by atoms with Gasteiger partial charge >= 0.3 is 5.97 Å². The summed E-state index contributed by atoms with van der Waals surface area (Å²) in [6.45, 7) is 0. The summed E-state index contributed by atoms with van der Waals surface area (Å²) >= 11 is 3.82. The maximum absolute atomic E-state index is 12.7. The number of fused-ring (bicyclic) bond motifs is 1. The third-order valence-corrected chi connectivity index (χ3v) is 7.24. The van der Waals surface area contributed by atoms with Crippen molar-refractivity contribution in [3.63, 3.8) is 0 Å². The van der Waals surface area contributed by atoms with E-state index in [1.165, 1.54) is 33.4 Å². The number of hydrogen-bond donors (Lipinski definition) is 4. The van der Waals surface area contributed by atoms with Gasteiger partial charge in [-0.1, -0.05) is 11.2 Å². The number of anilines is 1. The Balaban J connectivity index is 1.56. The predicted octanol–water partition coefficient (Wildman–Crippen LogP) is 0.861. The molecule has 1 saturated heterocycles. The van der Waals surface area contributed by atoms with Gasteiger partial charge in [-0.25, -0.2) is 9.78 Å². The summed E-state index contributed by atoms with van der Waals surface area (Å²) in [4.78, 5) is 42.9. The number of nitrogens with zero attached hydrogens (tertiary/aromatic N) is 3. The lowest BCUT2D eigenvalue weighted by Gasteiger charge is -2.49. The minimum Gasteiger partial charge on any atom is -0.477 e. The highest BCUT2D eigenvalue weighted by molar-refractivity contribution is 8.00. The summed E-state index contributed by atoms with van der Waals surface area (Å²) in [5.41, 5.74) is 5.73. The van der Waals surface area contributed by atoms with Gasteiger partial charge in [0.2, 0.25) is 0 Å². The number of rotatable bonds is 5. The number of hydrogen-bond acceptors (Lipinski definition) is 10. The Morgan fingerprint density at radius 1 is 1.38 bits per heavy atom. The number of aliphatic carboxylic acids is 1. The monoisotopic (exact) mass is 451 g/mol. The molecule has 150 valence electrons. The van der Waals surface area contributed by atoms with Crippen molar-refractivity contribution in [3.8, 4) is 0 Å². The Kier molecular flexibility index (Phi) is 5.02. The molecule has 1 fully saturated rings. The number of thioether (sulfide) groups is 1. The lowest BCUT2D eigenvalue weighted by molar-refractivity contribution is -0.149. The van der Waals surface area contributed by atoms with Gasteiger partial charge in [-0.05, 0) is 11.4 Å². The third-order valence-electron chi connectivity index (χ3n) is 4.36. The van der Waals surface area contributed by atoms with Crippen LogP contribution >= 0.6 is 34.4 Å². The normalized spacial score (nSPS) is 21.6. The van der Waals surface area contributed by atoms with Crippen LogP contribution in [0.25, 0.3) is 5.57 Å². The van der Waals surface area contributed by atoms with Crippen molar-refractivity contribution in [1.29, 1.82) is 0 Å². The molecule has 0 saturated carbocycles. The van der Waals surface area contributed by atoms with Gasteiger partial charge in [-0.3, -0.25) is 14.5 Å². The van der Waals surface area contributed by atoms with Crippen LogP contribution in [0, 0.1) is 0 Å². The SMILES string of the molecule is Nc1nc(C(=NO)C(=O)N[C@@H]2C(=O)N3C(C(=O)O)=C(c4cccs4)CS[C@@H]23)cs1. The van der Waals surface area contributed by atoms with Crippen molar-refractivity contribution in [3.05, 3.63) is 39.2 Å². The number of carboxylic acid groups (broad SMARTS) is 1. The molecule has 2 aromatic heterocycles. The van der Waals surface area contributed by atoms with Gasteiger partial charge in [0.1, 0.15) is 22.8 Å². The fourth-order valence-electron chi connectivity index (χ4n) is 3.08. The van der Waals surface area contributed by atoms with Gasteiger partial charge in [0, 0.05) is 21.6 Å². The summed E-state index contributed by atoms with van der Waals surface area (Å²) in [6.07, 6.45) is 0. The maximum atomic E-state index is 12.7. The summed E-state index contributed by atoms with van der Waals surface area (Å²) in [7, 11) is 0. The molecular formula is C16H13N5O5S3. The average molecular weight is 452 g/mol. The van der Waals surface area contributed by atoms with E-state index in [2.05, 4.69) is 15.5 Å². The molecule has 2 amide bonds. The van der Waals surface area contributed by atoms with Gasteiger partial charge in [0.15, 0.2) is 10.8 Å². The number of thiophene rings is 1. The number of amides is 2. The zero-order valence-electron chi connectivity index (χ0n) is 14.4. The predicted molar refractivity (Wildman–Crippen MR) is 109 cm³/mol. The maximum Gasteiger partial charge on any atom is 0.353 e. The highest BCUT2D eigenvalue weighted by Gasteiger charge is 2.54. The second-order valence-corrected chi connectivity index (χ2v) is 8.93. The number of carbonyl (C=O) groups excluding carboxylic acids is 2. The molecule has 0 aliphatic carbocycles. The summed E-state index contributed by atoms with van der Waals surface area (Å²) in [5, 5.41) is 27.2. The first-order chi connectivity index (χ1) is 13.9. The first-order valence-corrected chi connectivity index (χ1v) is 10.9. The molecule has 4 rings (SSSR count). The minimum absolute atomic E-state index is 0.0741. The minimum atomic E-state index is -1.20. The molecule has 13 heteroatoms. The molecule has 0 radical (unpaired) electrons. The number of nitrogens with one attached hydrogen (secondary N) is 1. The molecule has 2 aliphatic rings. The van der Waals surface area contributed by atoms with Crippen LogP contribution in [-0.2, 0) is 14.4 Å². The molecule has 2 atom stereocenters. The number of nitrogen functional groups attached to an aromatic ring is 1. The van der Waals surface area contributed by atoms with E-state index in [-0.39, 0.29) is 22.2 Å². The summed E-state index contributed by atoms with van der Waals surface area (Å²) < 4.78 is 0. The molecule has 2 aromatic rings. The molecule has 10 nitrogen and oxygen atoms in total. The van der Waals surface area contributed by atoms with Crippen LogP contribution in [0.5, 0.6) is 0 Å². The topological polar surface area (TPSA) is 158 Å². The fraction of sp³-hybridized carbons (Fsp3) is 0.188. The number of carboxylic acids is 1. The van der Waals surface area contributed by atoms with E-state index in [4.69, 9.17) is 5.73 Å². The van der Waals surface area contributed by atoms with Crippen molar-refractivity contribution in [1.82, 2.24) is 15.2 Å². The van der Waals surface area contributed by atoms with Crippen LogP contribution in [0.1, 0.15) is 10.6 Å². The Hall–Kier alpha value is -2.90. The quantitative estimate of drug-likeness (QED) is 0.225. The van der Waals surface area contributed by atoms with Crippen molar-refractivity contribution < 1.29 is 24.7 Å². The number of carbonyl (C=O) groups is 3. The highest BCUT2D eigenvalue weighted by atomic mass is 32.2. The van der Waals surface area contributed by atoms with E-state index >= 15 is 0 Å². The third kappa shape index (κ3) is 3.26. The Morgan fingerprint density at radius 2 is 2.17 bits per heavy atom. The number of nitrogens with two attached hydrogens (primary N) is 1. The van der Waals surface area contributed by atoms with Gasteiger partial charge in [0.05, 0.1) is 0 Å². The van der Waals surface area contributed by atoms with Gasteiger partial charge < -0.3 is 21.4 Å². The van der Waals surface area contributed by atoms with E-state index < -0.39 is 29.2 Å². The Morgan fingerprint density at radius 3 is 2.76 bits per heavy atom. The van der Waals surface area contributed by atoms with E-state index in [0.29, 0.717) is 11.3 Å².